The first kappa shape index (κ1) is 71.5. The smallest absolute Gasteiger partial charge is 0.323 e. The van der Waals surface area contributed by atoms with Crippen LogP contribution >= 0.6 is 81.0 Å². The average molecular weight is 1250 g/mol. The molecule has 6 heterocycles. The Kier molecular flexibility index (Phi) is 26.7. The van der Waals surface area contributed by atoms with Crippen LogP contribution in [0.1, 0.15) is 113 Å². The van der Waals surface area contributed by atoms with E-state index in [1.807, 2.05) is 49.5 Å². The first-order chi connectivity index (χ1) is 37.1. The van der Waals surface area contributed by atoms with Crippen molar-refractivity contribution in [3.05, 3.63) is 101 Å². The highest BCUT2D eigenvalue weighted by molar-refractivity contribution is 7.60. The molecule has 4 aliphatic heterocycles. The van der Waals surface area contributed by atoms with Crippen LogP contribution in [0.3, 0.4) is 0 Å². The Labute approximate surface area is 533 Å². The molecule has 2 amide bonds. The Balaban J connectivity index is 0.00000247. The van der Waals surface area contributed by atoms with Gasteiger partial charge in [-0.15, -0.1) is 0 Å². The van der Waals surface area contributed by atoms with Gasteiger partial charge in [-0.2, -0.15) is 81.0 Å². The number of hydrogen-bond donors (Lipinski definition) is 3. The first-order valence-corrected chi connectivity index (χ1v) is 28.3. The number of piperidine rings is 1. The third-order valence-electron chi connectivity index (χ3n) is 17.4. The second-order valence-electron chi connectivity index (χ2n) is 23.3. The predicted octanol–water partition coefficient (Wildman–Crippen LogP) is 9.05. The van der Waals surface area contributed by atoms with E-state index in [0.29, 0.717) is 50.8 Å². The number of carbonyl (C=O) groups excluding carboxylic acids is 4. The van der Waals surface area contributed by atoms with E-state index < -0.39 is 47.6 Å². The molecule has 83 heavy (non-hydrogen) atoms. The fraction of sp³-hybridized carbons (Fsp3) is 0.532. The molecule has 5 aliphatic rings. The van der Waals surface area contributed by atoms with Gasteiger partial charge in [-0.05, 0) is 136 Å². The van der Waals surface area contributed by atoms with Crippen LogP contribution in [0.2, 0.25) is 0 Å². The summed E-state index contributed by atoms with van der Waals surface area (Å²) in [5.41, 5.74) is 8.78. The van der Waals surface area contributed by atoms with Crippen LogP contribution in [0.15, 0.2) is 79.0 Å². The monoisotopic (exact) mass is 1250 g/mol. The fourth-order valence-corrected chi connectivity index (χ4v) is 13.1. The molecule has 5 aromatic rings. The van der Waals surface area contributed by atoms with E-state index in [0.717, 1.165) is 108 Å². The van der Waals surface area contributed by atoms with Gasteiger partial charge in [0.15, 0.2) is 5.78 Å². The summed E-state index contributed by atoms with van der Waals surface area (Å²) in [5.74, 6) is -1.58. The fourth-order valence-electron chi connectivity index (χ4n) is 13.1. The van der Waals surface area contributed by atoms with Crippen LogP contribution in [0.5, 0.6) is 5.75 Å². The van der Waals surface area contributed by atoms with Crippen molar-refractivity contribution in [2.45, 2.75) is 141 Å². The van der Waals surface area contributed by atoms with Gasteiger partial charge in [-0.3, -0.25) is 29.5 Å². The number of anilines is 1. The number of Topliss-reactive ketones (excluding diaryl/α,β-unsaturated/α-hetero) is 1. The lowest BCUT2D eigenvalue weighted by molar-refractivity contribution is -0.150. The molecule has 4 fully saturated rings. The van der Waals surface area contributed by atoms with Crippen LogP contribution in [0.4, 0.5) is 5.69 Å². The average Bonchev–Trinajstić information content (AvgIpc) is 3.40. The Bertz CT molecular complexity index is 2990. The van der Waals surface area contributed by atoms with Crippen LogP contribution in [0.25, 0.3) is 33.3 Å². The van der Waals surface area contributed by atoms with E-state index in [-0.39, 0.29) is 129 Å². The summed E-state index contributed by atoms with van der Waals surface area (Å²) in [4.78, 5) is 70.7. The molecule has 1 aliphatic carbocycles. The largest absolute Gasteiger partial charge is 0.508 e. The second-order valence-corrected chi connectivity index (χ2v) is 23.3. The Morgan fingerprint density at radius 1 is 0.880 bits per heavy atom. The van der Waals surface area contributed by atoms with E-state index in [1.165, 1.54) is 0 Å². The van der Waals surface area contributed by atoms with E-state index >= 15 is 9.59 Å². The molecule has 10 rings (SSSR count). The maximum Gasteiger partial charge on any atom is 0.323 e. The summed E-state index contributed by atoms with van der Waals surface area (Å²) in [7, 11) is 5.57. The van der Waals surface area contributed by atoms with Gasteiger partial charge in [0, 0.05) is 81.3 Å². The number of nitrogens with one attached hydrogen (secondary N) is 2. The number of cyclic esters (lactones) is 1. The Morgan fingerprint density at radius 3 is 2.27 bits per heavy atom. The van der Waals surface area contributed by atoms with Crippen molar-refractivity contribution in [3.63, 3.8) is 0 Å². The number of aromatic nitrogens is 2. The zero-order chi connectivity index (χ0) is 54.1. The number of carbonyl (C=O) groups is 4. The van der Waals surface area contributed by atoms with Crippen molar-refractivity contribution in [1.29, 1.82) is 0 Å². The molecular weight excluding hydrogens is 1160 g/mol. The van der Waals surface area contributed by atoms with Crippen molar-refractivity contribution in [2.75, 3.05) is 65.5 Å². The van der Waals surface area contributed by atoms with Crippen molar-refractivity contribution < 1.29 is 38.5 Å². The van der Waals surface area contributed by atoms with Crippen LogP contribution < -0.4 is 15.5 Å². The highest BCUT2D eigenvalue weighted by Crippen LogP contribution is 2.44. The number of esters is 1. The lowest BCUT2D eigenvalue weighted by atomic mass is 9.83. The number of aryl methyl sites for hydroxylation is 1. The SMILES string of the molecule is CCn1c(-c2cc(N3CCN(C)CC3)cnc2[C@H](C)OC)c2c3cc(ccc31)-c1cc(O)cc(c1)C[C@H](NC(=O)[C@H](C1CCCC1)N(C)C(=O)[C@H]1OCC[C@H]1c1ccccc1)C(=O)C1CCC[C@H](N1)C(=O)OCC(C)(C)C2.S.S.S.S.S.S. The number of phenolic OH excluding ortho intramolecular Hbond substituents is 1. The number of pyridine rings is 1. The molecule has 3 aromatic carbocycles. The van der Waals surface area contributed by atoms with Gasteiger partial charge < -0.3 is 43.9 Å². The Hall–Kier alpha value is -4.03. The number of likely N-dealkylation sites (N-methyl/N-ethyl adjacent to an activating group) is 2. The zero-order valence-corrected chi connectivity index (χ0v) is 55.2. The summed E-state index contributed by atoms with van der Waals surface area (Å²) >= 11 is 0. The molecular formula is C62H91N7O8S6. The third kappa shape index (κ3) is 15.6. The van der Waals surface area contributed by atoms with Gasteiger partial charge in [0.2, 0.25) is 5.91 Å². The van der Waals surface area contributed by atoms with Crippen molar-refractivity contribution in [2.24, 2.45) is 11.3 Å². The lowest BCUT2D eigenvalue weighted by Gasteiger charge is -2.36. The summed E-state index contributed by atoms with van der Waals surface area (Å²) in [6.45, 7) is 13.4. The van der Waals surface area contributed by atoms with Crippen LogP contribution in [-0.4, -0.2) is 139 Å². The first-order valence-electron chi connectivity index (χ1n) is 28.3. The van der Waals surface area contributed by atoms with Gasteiger partial charge in [-0.25, -0.2) is 0 Å². The van der Waals surface area contributed by atoms with Gasteiger partial charge in [-0.1, -0.05) is 69.2 Å². The third-order valence-corrected chi connectivity index (χ3v) is 17.4. The van der Waals surface area contributed by atoms with Gasteiger partial charge in [0.05, 0.1) is 48.1 Å². The molecule has 7 atom stereocenters. The van der Waals surface area contributed by atoms with E-state index in [2.05, 4.69) is 77.1 Å². The minimum absolute atomic E-state index is 0. The van der Waals surface area contributed by atoms with E-state index in [4.69, 9.17) is 19.2 Å². The second kappa shape index (κ2) is 31.1. The Morgan fingerprint density at radius 2 is 1.58 bits per heavy atom. The number of phenols is 1. The summed E-state index contributed by atoms with van der Waals surface area (Å²) in [6.07, 6.45) is 7.19. The molecule has 3 N–H and O–H groups in total. The predicted molar refractivity (Wildman–Crippen MR) is 361 cm³/mol. The molecule has 0 spiro atoms. The van der Waals surface area contributed by atoms with Gasteiger partial charge in [0.1, 0.15) is 23.9 Å². The molecule has 15 nitrogen and oxygen atoms in total. The van der Waals surface area contributed by atoms with Crippen LogP contribution in [0, 0.1) is 11.3 Å². The minimum Gasteiger partial charge on any atom is -0.508 e. The molecule has 2 aromatic heterocycles. The highest BCUT2D eigenvalue weighted by atomic mass is 32.1. The molecule has 0 radical (unpaired) electrons. The lowest BCUT2D eigenvalue weighted by Crippen LogP contribution is -2.60. The summed E-state index contributed by atoms with van der Waals surface area (Å²) < 4.78 is 20.8. The minimum atomic E-state index is -1.07. The van der Waals surface area contributed by atoms with Gasteiger partial charge in [0.25, 0.3) is 5.91 Å². The maximum atomic E-state index is 15.2. The molecule has 21 heteroatoms. The van der Waals surface area contributed by atoms with Crippen molar-refractivity contribution in [3.8, 4) is 28.1 Å². The number of hydrogen-bond acceptors (Lipinski definition) is 12. The van der Waals surface area contributed by atoms with E-state index in [1.54, 1.807) is 31.2 Å². The number of ether oxygens (including phenoxy) is 3. The molecule has 1 saturated carbocycles. The summed E-state index contributed by atoms with van der Waals surface area (Å²) in [5, 5.41) is 19.2. The summed E-state index contributed by atoms with van der Waals surface area (Å²) in [6, 6.07) is 20.6. The zero-order valence-electron chi connectivity index (χ0n) is 49.2. The molecule has 3 saturated heterocycles. The van der Waals surface area contributed by atoms with Crippen molar-refractivity contribution in [1.82, 2.24) is 30.0 Å². The highest BCUT2D eigenvalue weighted by Gasteiger charge is 2.44. The number of aromatic hydroxyl groups is 1. The number of ketones is 1. The molecule has 1 unspecified atom stereocenters. The number of amides is 2. The topological polar surface area (TPSA) is 168 Å². The molecule has 6 bridgehead atoms. The van der Waals surface area contributed by atoms with Crippen LogP contribution in [-0.2, 0) is 52.8 Å². The number of methoxy groups -OCH3 is 1. The number of fused-ring (bicyclic) bond motifs is 6. The quantitative estimate of drug-likeness (QED) is 0.108. The standard InChI is InChI=1S/C62H79N7O8.6H2S/c1-8-69-53-22-21-42-33-47(53)49(56(69)48-34-44(36-63-54(48)38(2)75-7)68-26-24-66(5)25-27-68)35-62(3,4)37-77-61(74)51-20-14-19-50(64-51)57(71)52(31-39-29-43(42)32-45(70)30-39)65-59(72)55(41-17-12-13-18-41)67(6)60(73)58-46(23-28-76-58)40-15-10-9-11-16-40;;;;;;/h9-11,15-16,21-22,29-30,32-34,36,38,41,46,50-52,55,58,64,70H,8,12-14,17-20,23-28,31,35,37H2,1-7H3,(H,65,72);6*1H2/t38-,46-,50?,51-,52-,55-,58-;;;;;;/m0....../s1. The van der Waals surface area contributed by atoms with Gasteiger partial charge >= 0.3 is 5.97 Å². The number of nitrogens with zero attached hydrogens (tertiary/aromatic N) is 5. The normalized spacial score (nSPS) is 22.5. The van der Waals surface area contributed by atoms with E-state index in [9.17, 15) is 14.7 Å². The number of benzene rings is 3. The number of piperazine rings is 1. The number of rotatable bonds is 11. The maximum absolute atomic E-state index is 15.2. The van der Waals surface area contributed by atoms with Crippen molar-refractivity contribution >= 4 is 121 Å². The molecule has 458 valence electrons.